The van der Waals surface area contributed by atoms with Crippen molar-refractivity contribution in [2.45, 2.75) is 73.2 Å². The number of benzene rings is 1. The molecule has 0 saturated heterocycles. The molecule has 1 aromatic rings. The molecule has 0 aliphatic heterocycles. The smallest absolute Gasteiger partial charge is 0.208 e. The van der Waals surface area contributed by atoms with E-state index in [0.29, 0.717) is 11.8 Å². The third kappa shape index (κ3) is 3.69. The van der Waals surface area contributed by atoms with Crippen molar-refractivity contribution in [3.05, 3.63) is 24.3 Å². The van der Waals surface area contributed by atoms with E-state index < -0.39 is 20.0 Å². The van der Waals surface area contributed by atoms with E-state index in [-0.39, 0.29) is 21.9 Å². The first kappa shape index (κ1) is 18.4. The number of hydrogen-bond donors (Lipinski definition) is 2. The molecule has 0 spiro atoms. The third-order valence-corrected chi connectivity index (χ3v) is 9.21. The second-order valence-electron chi connectivity index (χ2n) is 7.98. The van der Waals surface area contributed by atoms with Crippen LogP contribution in [0.3, 0.4) is 0 Å². The van der Waals surface area contributed by atoms with Gasteiger partial charge in [-0.15, -0.1) is 0 Å². The molecule has 3 saturated carbocycles. The van der Waals surface area contributed by atoms with E-state index in [1.165, 1.54) is 30.7 Å². The molecule has 0 aromatic heterocycles. The first-order valence-corrected chi connectivity index (χ1v) is 12.4. The number of nitrogens with one attached hydrogen (secondary N) is 2. The Hall–Kier alpha value is -0.960. The minimum absolute atomic E-state index is 0.0112. The van der Waals surface area contributed by atoms with Crippen LogP contribution in [0.4, 0.5) is 0 Å². The molecule has 3 aliphatic rings. The summed E-state index contributed by atoms with van der Waals surface area (Å²) < 4.78 is 55.7. The van der Waals surface area contributed by atoms with Crippen molar-refractivity contribution in [2.75, 3.05) is 0 Å². The summed E-state index contributed by atoms with van der Waals surface area (Å²) >= 11 is 0. The highest BCUT2D eigenvalue weighted by atomic mass is 32.2. The van der Waals surface area contributed by atoms with Gasteiger partial charge in [0.25, 0.3) is 0 Å². The summed E-state index contributed by atoms with van der Waals surface area (Å²) in [6.45, 7) is 0. The quantitative estimate of drug-likeness (QED) is 0.769. The van der Waals surface area contributed by atoms with Crippen LogP contribution < -0.4 is 9.44 Å². The highest BCUT2D eigenvalue weighted by molar-refractivity contribution is 7.90. The van der Waals surface area contributed by atoms with Crippen LogP contribution >= 0.6 is 0 Å². The first-order valence-electron chi connectivity index (χ1n) is 9.48. The molecule has 0 amide bonds. The summed E-state index contributed by atoms with van der Waals surface area (Å²) in [5, 5.41) is 0. The van der Waals surface area contributed by atoms with Crippen LogP contribution in [0.1, 0.15) is 51.4 Å². The Morgan fingerprint density at radius 2 is 1.31 bits per heavy atom. The van der Waals surface area contributed by atoms with Crippen LogP contribution in [-0.2, 0) is 20.0 Å². The van der Waals surface area contributed by atoms with Crippen LogP contribution in [0.25, 0.3) is 0 Å². The topological polar surface area (TPSA) is 92.3 Å². The molecule has 26 heavy (non-hydrogen) atoms. The number of rotatable bonds is 6. The summed E-state index contributed by atoms with van der Waals surface area (Å²) in [6, 6.07) is 5.55. The molecule has 3 atom stereocenters. The zero-order valence-corrected chi connectivity index (χ0v) is 16.4. The molecule has 144 valence electrons. The van der Waals surface area contributed by atoms with Crippen molar-refractivity contribution in [1.82, 2.24) is 9.44 Å². The number of sulfonamides is 2. The van der Waals surface area contributed by atoms with Gasteiger partial charge in [-0.2, -0.15) is 0 Å². The van der Waals surface area contributed by atoms with Gasteiger partial charge in [0.1, 0.15) is 0 Å². The largest absolute Gasteiger partial charge is 0.240 e. The summed E-state index contributed by atoms with van der Waals surface area (Å²) in [4.78, 5) is 0.239. The lowest BCUT2D eigenvalue weighted by molar-refractivity contribution is 0.390. The Kier molecular flexibility index (Phi) is 4.88. The lowest BCUT2D eigenvalue weighted by atomic mass is 9.96. The minimum Gasteiger partial charge on any atom is -0.208 e. The molecular weight excluding hydrogens is 372 g/mol. The van der Waals surface area contributed by atoms with Crippen molar-refractivity contribution in [2.24, 2.45) is 11.8 Å². The van der Waals surface area contributed by atoms with Gasteiger partial charge in [-0.1, -0.05) is 19.3 Å². The standard InChI is InChI=1S/C18H26N2O4S2/c21-25(22,19-15-3-1-2-4-15)16-7-9-17(10-8-16)26(23,24)20-18-12-13-5-6-14(18)11-13/h7-10,13-15,18-20H,1-6,11-12H2/t13-,14-,18+/m1/s1. The zero-order valence-electron chi connectivity index (χ0n) is 14.7. The van der Waals surface area contributed by atoms with Gasteiger partial charge in [-0.25, -0.2) is 26.3 Å². The molecule has 3 aliphatic carbocycles. The van der Waals surface area contributed by atoms with Crippen molar-refractivity contribution in [3.63, 3.8) is 0 Å². The van der Waals surface area contributed by atoms with Crippen molar-refractivity contribution >= 4 is 20.0 Å². The average molecular weight is 399 g/mol. The lowest BCUT2D eigenvalue weighted by Crippen LogP contribution is -2.38. The predicted octanol–water partition coefficient (Wildman–Crippen LogP) is 2.37. The van der Waals surface area contributed by atoms with Crippen LogP contribution in [-0.4, -0.2) is 28.9 Å². The number of fused-ring (bicyclic) bond motifs is 2. The van der Waals surface area contributed by atoms with Gasteiger partial charge in [0.05, 0.1) is 9.79 Å². The Balaban J connectivity index is 1.46. The van der Waals surface area contributed by atoms with Gasteiger partial charge < -0.3 is 0 Å². The Morgan fingerprint density at radius 1 is 0.731 bits per heavy atom. The molecule has 0 heterocycles. The van der Waals surface area contributed by atoms with Crippen molar-refractivity contribution in [1.29, 1.82) is 0 Å². The zero-order chi connectivity index (χ0) is 18.4. The summed E-state index contributed by atoms with van der Waals surface area (Å²) in [5.74, 6) is 1.10. The average Bonchev–Trinajstić information content (AvgIpc) is 3.32. The maximum Gasteiger partial charge on any atom is 0.240 e. The maximum atomic E-state index is 12.6. The van der Waals surface area contributed by atoms with Crippen LogP contribution in [0.15, 0.2) is 34.1 Å². The maximum absolute atomic E-state index is 12.6. The number of hydrogen-bond acceptors (Lipinski definition) is 4. The molecule has 0 unspecified atom stereocenters. The second kappa shape index (κ2) is 6.89. The SMILES string of the molecule is O=S(=O)(NC1CCCC1)c1ccc(S(=O)(=O)N[C@H]2C[C@@H]3CC[C@@H]2C3)cc1. The van der Waals surface area contributed by atoms with Gasteiger partial charge in [0.15, 0.2) is 0 Å². The molecule has 0 radical (unpaired) electrons. The fourth-order valence-electron chi connectivity index (χ4n) is 4.79. The van der Waals surface area contributed by atoms with E-state index in [1.807, 2.05) is 0 Å². The first-order chi connectivity index (χ1) is 12.3. The van der Waals surface area contributed by atoms with Gasteiger partial charge in [0.2, 0.25) is 20.0 Å². The van der Waals surface area contributed by atoms with Crippen molar-refractivity contribution < 1.29 is 16.8 Å². The molecule has 8 heteroatoms. The molecule has 1 aromatic carbocycles. The highest BCUT2D eigenvalue weighted by Gasteiger charge is 2.41. The van der Waals surface area contributed by atoms with Gasteiger partial charge in [-0.3, -0.25) is 0 Å². The monoisotopic (exact) mass is 398 g/mol. The predicted molar refractivity (Wildman–Crippen MR) is 98.6 cm³/mol. The van der Waals surface area contributed by atoms with Crippen LogP contribution in [0.5, 0.6) is 0 Å². The third-order valence-electron chi connectivity index (χ3n) is 6.17. The Morgan fingerprint density at radius 3 is 1.81 bits per heavy atom. The minimum atomic E-state index is -3.62. The summed E-state index contributed by atoms with van der Waals surface area (Å²) in [5.41, 5.74) is 0. The summed E-state index contributed by atoms with van der Waals surface area (Å²) in [7, 11) is -7.22. The van der Waals surface area contributed by atoms with E-state index in [4.69, 9.17) is 0 Å². The normalized spacial score (nSPS) is 29.5. The Bertz CT molecular complexity index is 859. The molecule has 4 rings (SSSR count). The van der Waals surface area contributed by atoms with E-state index in [0.717, 1.165) is 44.9 Å². The molecular formula is C18H26N2O4S2. The van der Waals surface area contributed by atoms with Crippen LogP contribution in [0, 0.1) is 11.8 Å². The van der Waals surface area contributed by atoms with E-state index in [2.05, 4.69) is 9.44 Å². The fourth-order valence-corrected chi connectivity index (χ4v) is 7.41. The molecule has 2 bridgehead atoms. The second-order valence-corrected chi connectivity index (χ2v) is 11.4. The van der Waals surface area contributed by atoms with E-state index in [9.17, 15) is 16.8 Å². The lowest BCUT2D eigenvalue weighted by Gasteiger charge is -2.22. The fraction of sp³-hybridized carbons (Fsp3) is 0.667. The van der Waals surface area contributed by atoms with Crippen LogP contribution in [0.2, 0.25) is 0 Å². The van der Waals surface area contributed by atoms with E-state index >= 15 is 0 Å². The molecule has 6 nitrogen and oxygen atoms in total. The van der Waals surface area contributed by atoms with Gasteiger partial charge >= 0.3 is 0 Å². The van der Waals surface area contributed by atoms with Gasteiger partial charge in [-0.05, 0) is 68.2 Å². The van der Waals surface area contributed by atoms with Crippen molar-refractivity contribution in [3.8, 4) is 0 Å². The highest BCUT2D eigenvalue weighted by Crippen LogP contribution is 2.44. The Labute approximate surface area is 155 Å². The van der Waals surface area contributed by atoms with E-state index in [1.54, 1.807) is 0 Å². The summed E-state index contributed by atoms with van der Waals surface area (Å²) in [6.07, 6.45) is 8.15. The van der Waals surface area contributed by atoms with Gasteiger partial charge in [0, 0.05) is 12.1 Å². The molecule has 2 N–H and O–H groups in total. The molecule has 3 fully saturated rings.